The monoisotopic (exact) mass is 528 g/mol. The van der Waals surface area contributed by atoms with E-state index in [-0.39, 0.29) is 28.8 Å². The summed E-state index contributed by atoms with van der Waals surface area (Å²) in [5.74, 6) is -1.23. The third kappa shape index (κ3) is 5.41. The van der Waals surface area contributed by atoms with Gasteiger partial charge in [0.15, 0.2) is 5.78 Å². The first kappa shape index (κ1) is 26.9. The second-order valence-corrected chi connectivity index (χ2v) is 9.65. The van der Waals surface area contributed by atoms with E-state index in [0.29, 0.717) is 24.7 Å². The molecule has 1 fully saturated rings. The zero-order chi connectivity index (χ0) is 27.7. The molecule has 0 unspecified atom stereocenters. The number of Topliss-reactive ketones (excluding diaryl/α,β-unsaturated/α-hetero) is 1. The Labute approximate surface area is 217 Å². The summed E-state index contributed by atoms with van der Waals surface area (Å²) in [6.45, 7) is 6.10. The maximum absolute atomic E-state index is 13.6. The fraction of sp³-hybridized carbons (Fsp3) is 0.333. The van der Waals surface area contributed by atoms with Gasteiger partial charge in [0.25, 0.3) is 5.91 Å². The molecule has 1 aliphatic carbocycles. The predicted octanol–water partition coefficient (Wildman–Crippen LogP) is 4.90. The molecule has 2 N–H and O–H groups in total. The Morgan fingerprint density at radius 3 is 2.63 bits per heavy atom. The Morgan fingerprint density at radius 2 is 2.00 bits per heavy atom. The van der Waals surface area contributed by atoms with E-state index < -0.39 is 42.5 Å². The van der Waals surface area contributed by atoms with Crippen LogP contribution in [0.4, 0.5) is 23.7 Å². The normalized spacial score (nSPS) is 21.3. The molecular weight excluding hydrogens is 501 g/mol. The van der Waals surface area contributed by atoms with Crippen molar-refractivity contribution in [2.24, 2.45) is 10.4 Å². The number of amidine groups is 1. The molecule has 1 saturated heterocycles. The van der Waals surface area contributed by atoms with Crippen molar-refractivity contribution in [2.45, 2.75) is 32.4 Å². The average molecular weight is 529 g/mol. The second-order valence-electron chi connectivity index (χ2n) is 9.65. The number of hydrogen-bond donors (Lipinski definition) is 2. The van der Waals surface area contributed by atoms with Gasteiger partial charge in [-0.25, -0.2) is 9.79 Å². The van der Waals surface area contributed by atoms with E-state index >= 15 is 0 Å². The number of nitrogens with zero attached hydrogens (tertiary/aromatic N) is 3. The summed E-state index contributed by atoms with van der Waals surface area (Å²) in [4.78, 5) is 45.0. The van der Waals surface area contributed by atoms with Gasteiger partial charge in [0.2, 0.25) is 0 Å². The number of alkyl halides is 3. The summed E-state index contributed by atoms with van der Waals surface area (Å²) >= 11 is 0. The van der Waals surface area contributed by atoms with E-state index in [1.807, 2.05) is 11.8 Å². The van der Waals surface area contributed by atoms with Crippen LogP contribution in [-0.2, 0) is 9.59 Å². The van der Waals surface area contributed by atoms with E-state index in [2.05, 4.69) is 16.9 Å². The number of anilines is 1. The van der Waals surface area contributed by atoms with E-state index in [1.165, 1.54) is 6.20 Å². The van der Waals surface area contributed by atoms with Crippen molar-refractivity contribution < 1.29 is 32.7 Å². The number of allylic oxidation sites excluding steroid dienone is 2. The van der Waals surface area contributed by atoms with Crippen molar-refractivity contribution in [3.8, 4) is 0 Å². The third-order valence-corrected chi connectivity index (χ3v) is 6.92. The number of para-hydroxylation sites is 1. The van der Waals surface area contributed by atoms with Crippen LogP contribution >= 0.6 is 0 Å². The minimum Gasteiger partial charge on any atom is -0.465 e. The number of benzene rings is 1. The van der Waals surface area contributed by atoms with Gasteiger partial charge >= 0.3 is 12.3 Å². The smallest absolute Gasteiger partial charge is 0.419 e. The van der Waals surface area contributed by atoms with Gasteiger partial charge < -0.3 is 15.3 Å². The lowest BCUT2D eigenvalue weighted by atomic mass is 9.84. The van der Waals surface area contributed by atoms with Crippen LogP contribution in [0, 0.1) is 5.41 Å². The molecule has 2 amide bonds. The molecule has 2 heterocycles. The van der Waals surface area contributed by atoms with Crippen LogP contribution < -0.4 is 5.32 Å². The van der Waals surface area contributed by atoms with Gasteiger partial charge in [0.05, 0.1) is 30.6 Å². The maximum Gasteiger partial charge on any atom is 0.419 e. The van der Waals surface area contributed by atoms with Gasteiger partial charge in [-0.15, -0.1) is 6.58 Å². The quantitative estimate of drug-likeness (QED) is 0.490. The number of ketones is 1. The predicted molar refractivity (Wildman–Crippen MR) is 135 cm³/mol. The average Bonchev–Trinajstić information content (AvgIpc) is 3.18. The molecule has 0 spiro atoms. The van der Waals surface area contributed by atoms with Gasteiger partial charge in [-0.05, 0) is 36.6 Å². The van der Waals surface area contributed by atoms with Gasteiger partial charge in [-0.3, -0.25) is 14.5 Å². The van der Waals surface area contributed by atoms with Crippen molar-refractivity contribution in [2.75, 3.05) is 25.0 Å². The molecule has 200 valence electrons. The van der Waals surface area contributed by atoms with Crippen LogP contribution in [0.25, 0.3) is 0 Å². The Hall–Kier alpha value is -4.15. The van der Waals surface area contributed by atoms with Crippen LogP contribution in [0.5, 0.6) is 0 Å². The molecule has 0 radical (unpaired) electrons. The molecule has 11 heteroatoms. The summed E-state index contributed by atoms with van der Waals surface area (Å²) in [6, 6.07) is 8.21. The molecule has 1 aromatic carbocycles. The number of nitrogens with one attached hydrogen (secondary N) is 1. The molecule has 0 saturated carbocycles. The summed E-state index contributed by atoms with van der Waals surface area (Å²) in [7, 11) is 0. The largest absolute Gasteiger partial charge is 0.465 e. The highest BCUT2D eigenvalue weighted by molar-refractivity contribution is 6.12. The number of carbonyl (C=O) groups excluding carboxylic acids is 2. The summed E-state index contributed by atoms with van der Waals surface area (Å²) < 4.78 is 40.8. The minimum absolute atomic E-state index is 0.186. The number of amides is 2. The molecule has 0 aromatic heterocycles. The Balaban J connectivity index is 1.70. The first-order chi connectivity index (χ1) is 17.9. The number of hydrogen-bond acceptors (Lipinski definition) is 5. The van der Waals surface area contributed by atoms with Crippen LogP contribution in [0.3, 0.4) is 0 Å². The fourth-order valence-corrected chi connectivity index (χ4v) is 4.92. The number of halogens is 3. The minimum atomic E-state index is -4.95. The van der Waals surface area contributed by atoms with E-state index in [9.17, 15) is 32.7 Å². The summed E-state index contributed by atoms with van der Waals surface area (Å²) in [5, 5.41) is 12.6. The number of rotatable bonds is 7. The van der Waals surface area contributed by atoms with Gasteiger partial charge in [-0.2, -0.15) is 13.2 Å². The van der Waals surface area contributed by atoms with Crippen molar-refractivity contribution in [1.29, 1.82) is 0 Å². The SMILES string of the molecule is C=CC[C@]1(C)CCN2CC(N(CC3=C(C(=O)Nc4ccccc4)CC(=O)C(C(F)(F)F)=C3)C(=O)O)=CN=C21. The van der Waals surface area contributed by atoms with Crippen molar-refractivity contribution in [3.05, 3.63) is 77.7 Å². The molecule has 1 atom stereocenters. The first-order valence-electron chi connectivity index (χ1n) is 12.0. The van der Waals surface area contributed by atoms with Crippen molar-refractivity contribution >= 4 is 29.3 Å². The fourth-order valence-electron chi connectivity index (χ4n) is 4.92. The first-order valence-corrected chi connectivity index (χ1v) is 12.0. The third-order valence-electron chi connectivity index (χ3n) is 6.92. The molecule has 8 nitrogen and oxygen atoms in total. The standard InChI is InChI=1S/C27H27F3N4O4/c1-3-9-26(2)10-11-33-16-19(14-31-24(26)33)34(25(37)38)15-17-12-21(27(28,29)30)22(35)13-20(17)23(36)32-18-7-5-4-6-8-18/h3-8,12,14H,1,9-11,13,15-16H2,2H3,(H,32,36)(H,37,38)/t26-/m1/s1. The highest BCUT2D eigenvalue weighted by Crippen LogP contribution is 2.39. The molecule has 1 aromatic rings. The maximum atomic E-state index is 13.6. The number of fused-ring (bicyclic) bond motifs is 1. The van der Waals surface area contributed by atoms with Crippen LogP contribution in [-0.4, -0.2) is 64.3 Å². The summed E-state index contributed by atoms with van der Waals surface area (Å²) in [6.07, 6.45) is -1.90. The highest BCUT2D eigenvalue weighted by atomic mass is 19.4. The molecular formula is C27H27F3N4O4. The molecule has 2 aliphatic heterocycles. The van der Waals surface area contributed by atoms with E-state index in [4.69, 9.17) is 0 Å². The van der Waals surface area contributed by atoms with Crippen LogP contribution in [0.15, 0.2) is 82.7 Å². The number of aliphatic imine (C=N–C) groups is 1. The lowest BCUT2D eigenvalue weighted by Gasteiger charge is -2.33. The topological polar surface area (TPSA) is 102 Å². The Bertz CT molecular complexity index is 1300. The molecule has 4 rings (SSSR count). The second kappa shape index (κ2) is 10.3. The van der Waals surface area contributed by atoms with Crippen molar-refractivity contribution in [3.63, 3.8) is 0 Å². The van der Waals surface area contributed by atoms with Gasteiger partial charge in [0, 0.05) is 29.6 Å². The van der Waals surface area contributed by atoms with Gasteiger partial charge in [-0.1, -0.05) is 31.2 Å². The molecule has 0 bridgehead atoms. The summed E-state index contributed by atoms with van der Waals surface area (Å²) in [5.41, 5.74) is -1.47. The Kier molecular flexibility index (Phi) is 7.30. The van der Waals surface area contributed by atoms with Crippen LogP contribution in [0.1, 0.15) is 26.2 Å². The van der Waals surface area contributed by atoms with E-state index in [1.54, 1.807) is 36.4 Å². The number of carbonyl (C=O) groups is 3. The Morgan fingerprint density at radius 1 is 1.29 bits per heavy atom. The van der Waals surface area contributed by atoms with E-state index in [0.717, 1.165) is 17.2 Å². The van der Waals surface area contributed by atoms with Crippen LogP contribution in [0.2, 0.25) is 0 Å². The molecule has 38 heavy (non-hydrogen) atoms. The lowest BCUT2D eigenvalue weighted by molar-refractivity contribution is -0.129. The lowest BCUT2D eigenvalue weighted by Crippen LogP contribution is -2.42. The zero-order valence-corrected chi connectivity index (χ0v) is 20.7. The molecule has 3 aliphatic rings. The zero-order valence-electron chi connectivity index (χ0n) is 20.7. The number of carboxylic acid groups (broad SMARTS) is 1. The highest BCUT2D eigenvalue weighted by Gasteiger charge is 2.43. The van der Waals surface area contributed by atoms with Crippen molar-refractivity contribution in [1.82, 2.24) is 9.80 Å². The van der Waals surface area contributed by atoms with Gasteiger partial charge in [0.1, 0.15) is 5.84 Å².